The number of aryl methyl sites for hydroxylation is 1. The third-order valence-electron chi connectivity index (χ3n) is 3.15. The van der Waals surface area contributed by atoms with Crippen LogP contribution in [0.3, 0.4) is 0 Å². The zero-order valence-electron chi connectivity index (χ0n) is 10.2. The predicted octanol–water partition coefficient (Wildman–Crippen LogP) is 1.51. The maximum atomic E-state index is 11.9. The number of aliphatic hydroxyl groups is 1. The van der Waals surface area contributed by atoms with Crippen LogP contribution >= 0.6 is 11.8 Å². The summed E-state index contributed by atoms with van der Waals surface area (Å²) in [7, 11) is 0. The second-order valence-corrected chi connectivity index (χ2v) is 5.93. The monoisotopic (exact) mass is 254 g/mol. The molecule has 2 rings (SSSR count). The average Bonchev–Trinajstić information content (AvgIpc) is 2.29. The zero-order valence-corrected chi connectivity index (χ0v) is 11.0. The number of aromatic nitrogens is 2. The molecule has 0 fully saturated rings. The van der Waals surface area contributed by atoms with Gasteiger partial charge in [-0.3, -0.25) is 4.79 Å². The Morgan fingerprint density at radius 1 is 1.35 bits per heavy atom. The van der Waals surface area contributed by atoms with Crippen LogP contribution in [0.25, 0.3) is 0 Å². The normalized spacial score (nSPS) is 18.5. The molecule has 17 heavy (non-hydrogen) atoms. The minimum Gasteiger partial charge on any atom is -0.392 e. The van der Waals surface area contributed by atoms with Crippen LogP contribution < -0.4 is 5.56 Å². The lowest BCUT2D eigenvalue weighted by Gasteiger charge is -2.17. The summed E-state index contributed by atoms with van der Waals surface area (Å²) in [6.45, 7) is 3.67. The summed E-state index contributed by atoms with van der Waals surface area (Å²) in [6.07, 6.45) is 3.51. The number of aliphatic hydroxyl groups excluding tert-OH is 1. The van der Waals surface area contributed by atoms with E-state index in [2.05, 4.69) is 9.97 Å². The number of rotatable bonds is 3. The van der Waals surface area contributed by atoms with E-state index in [9.17, 15) is 9.90 Å². The van der Waals surface area contributed by atoms with Crippen LogP contribution in [0.2, 0.25) is 0 Å². The highest BCUT2D eigenvalue weighted by Gasteiger charge is 2.18. The van der Waals surface area contributed by atoms with E-state index >= 15 is 0 Å². The van der Waals surface area contributed by atoms with Gasteiger partial charge in [0.05, 0.1) is 11.8 Å². The average molecular weight is 254 g/mol. The third-order valence-corrected chi connectivity index (χ3v) is 4.33. The molecule has 1 aromatic rings. The molecule has 0 bridgehead atoms. The summed E-state index contributed by atoms with van der Waals surface area (Å²) in [5.41, 5.74) is 1.79. The van der Waals surface area contributed by atoms with E-state index in [0.29, 0.717) is 5.16 Å². The largest absolute Gasteiger partial charge is 0.392 e. The van der Waals surface area contributed by atoms with Crippen molar-refractivity contribution in [1.82, 2.24) is 9.97 Å². The van der Waals surface area contributed by atoms with Crippen LogP contribution in [-0.2, 0) is 12.8 Å². The van der Waals surface area contributed by atoms with Crippen molar-refractivity contribution in [1.29, 1.82) is 0 Å². The zero-order chi connectivity index (χ0) is 12.4. The predicted molar refractivity (Wildman–Crippen MR) is 68.5 cm³/mol. The minimum absolute atomic E-state index is 0.00464. The van der Waals surface area contributed by atoms with E-state index in [1.807, 2.05) is 6.92 Å². The van der Waals surface area contributed by atoms with Crippen molar-refractivity contribution in [3.05, 3.63) is 21.6 Å². The molecule has 1 aliphatic carbocycles. The molecule has 2 unspecified atom stereocenters. The van der Waals surface area contributed by atoms with Crippen LogP contribution in [0, 0.1) is 0 Å². The summed E-state index contributed by atoms with van der Waals surface area (Å²) < 4.78 is 0. The van der Waals surface area contributed by atoms with Crippen molar-refractivity contribution in [2.45, 2.75) is 56.0 Å². The molecule has 0 aliphatic heterocycles. The third kappa shape index (κ3) is 2.90. The van der Waals surface area contributed by atoms with Crippen molar-refractivity contribution in [2.24, 2.45) is 0 Å². The van der Waals surface area contributed by atoms with E-state index < -0.39 is 6.10 Å². The molecule has 1 aliphatic rings. The Morgan fingerprint density at radius 3 is 2.76 bits per heavy atom. The van der Waals surface area contributed by atoms with Crippen LogP contribution in [-0.4, -0.2) is 26.4 Å². The highest BCUT2D eigenvalue weighted by molar-refractivity contribution is 7.99. The van der Waals surface area contributed by atoms with E-state index in [1.54, 1.807) is 6.92 Å². The van der Waals surface area contributed by atoms with Crippen molar-refractivity contribution >= 4 is 11.8 Å². The minimum atomic E-state index is -0.415. The van der Waals surface area contributed by atoms with Gasteiger partial charge in [-0.2, -0.15) is 0 Å². The first-order valence-electron chi connectivity index (χ1n) is 6.04. The van der Waals surface area contributed by atoms with Crippen LogP contribution in [0.5, 0.6) is 0 Å². The fourth-order valence-electron chi connectivity index (χ4n) is 1.91. The summed E-state index contributed by atoms with van der Waals surface area (Å²) in [5.74, 6) is 0. The van der Waals surface area contributed by atoms with Gasteiger partial charge < -0.3 is 10.1 Å². The molecule has 0 amide bonds. The second kappa shape index (κ2) is 5.23. The van der Waals surface area contributed by atoms with E-state index in [-0.39, 0.29) is 10.8 Å². The molecule has 0 saturated carbocycles. The Morgan fingerprint density at radius 2 is 2.06 bits per heavy atom. The van der Waals surface area contributed by atoms with Crippen LogP contribution in [0.1, 0.15) is 37.9 Å². The Balaban J connectivity index is 2.25. The summed E-state index contributed by atoms with van der Waals surface area (Å²) in [6, 6.07) is 0. The fraction of sp³-hybridized carbons (Fsp3) is 0.667. The van der Waals surface area contributed by atoms with Crippen molar-refractivity contribution in [2.75, 3.05) is 0 Å². The van der Waals surface area contributed by atoms with Crippen molar-refractivity contribution in [3.63, 3.8) is 0 Å². The molecule has 1 heterocycles. The topological polar surface area (TPSA) is 66.0 Å². The molecule has 0 aromatic carbocycles. The number of hydrogen-bond donors (Lipinski definition) is 2. The van der Waals surface area contributed by atoms with E-state index in [0.717, 1.165) is 36.9 Å². The van der Waals surface area contributed by atoms with Crippen LogP contribution in [0.4, 0.5) is 0 Å². The van der Waals surface area contributed by atoms with Gasteiger partial charge in [-0.05, 0) is 32.6 Å². The van der Waals surface area contributed by atoms with Gasteiger partial charge in [0.1, 0.15) is 0 Å². The molecule has 0 spiro atoms. The Kier molecular flexibility index (Phi) is 3.89. The van der Waals surface area contributed by atoms with Crippen molar-refractivity contribution in [3.8, 4) is 0 Å². The van der Waals surface area contributed by atoms with E-state index in [4.69, 9.17) is 0 Å². The highest BCUT2D eigenvalue weighted by atomic mass is 32.2. The number of thioether (sulfide) groups is 1. The standard InChI is InChI=1S/C12H18N2O2S/c1-7(15)8(2)17-12-13-10-6-4-3-5-9(10)11(16)14-12/h7-8,15H,3-6H2,1-2H3,(H,13,14,16). The lowest BCUT2D eigenvalue weighted by molar-refractivity contribution is 0.196. The number of nitrogens with zero attached hydrogens (tertiary/aromatic N) is 1. The molecular weight excluding hydrogens is 236 g/mol. The summed E-state index contributed by atoms with van der Waals surface area (Å²) in [5, 5.41) is 10.1. The Labute approximate surface area is 105 Å². The molecule has 2 atom stereocenters. The number of hydrogen-bond acceptors (Lipinski definition) is 4. The summed E-state index contributed by atoms with van der Waals surface area (Å²) in [4.78, 5) is 19.2. The molecule has 0 saturated heterocycles. The summed E-state index contributed by atoms with van der Waals surface area (Å²) >= 11 is 1.42. The van der Waals surface area contributed by atoms with Gasteiger partial charge in [0, 0.05) is 10.8 Å². The second-order valence-electron chi connectivity index (χ2n) is 4.57. The lowest BCUT2D eigenvalue weighted by Crippen LogP contribution is -2.23. The molecule has 94 valence electrons. The van der Waals surface area contributed by atoms with Gasteiger partial charge in [-0.25, -0.2) is 4.98 Å². The fourth-order valence-corrected chi connectivity index (χ4v) is 2.77. The molecule has 0 radical (unpaired) electrons. The Bertz CT molecular complexity index is 456. The maximum absolute atomic E-state index is 11.9. The first kappa shape index (κ1) is 12.6. The van der Waals surface area contributed by atoms with E-state index in [1.165, 1.54) is 11.8 Å². The van der Waals surface area contributed by atoms with Crippen LogP contribution in [0.15, 0.2) is 9.95 Å². The molecule has 5 heteroatoms. The van der Waals surface area contributed by atoms with Gasteiger partial charge >= 0.3 is 0 Å². The van der Waals surface area contributed by atoms with Crippen molar-refractivity contribution < 1.29 is 5.11 Å². The van der Waals surface area contributed by atoms with Gasteiger partial charge in [0.25, 0.3) is 5.56 Å². The quantitative estimate of drug-likeness (QED) is 0.634. The van der Waals surface area contributed by atoms with Gasteiger partial charge in [0.2, 0.25) is 0 Å². The molecule has 2 N–H and O–H groups in total. The van der Waals surface area contributed by atoms with Gasteiger partial charge in [-0.15, -0.1) is 0 Å². The first-order chi connectivity index (χ1) is 8.08. The van der Waals surface area contributed by atoms with Gasteiger partial charge in [-0.1, -0.05) is 18.7 Å². The van der Waals surface area contributed by atoms with Gasteiger partial charge in [0.15, 0.2) is 5.16 Å². The number of nitrogens with one attached hydrogen (secondary N) is 1. The SMILES string of the molecule is CC(O)C(C)Sc1nc2c(c(=O)[nH]1)CCCC2. The smallest absolute Gasteiger partial charge is 0.254 e. The molecule has 4 nitrogen and oxygen atoms in total. The molecular formula is C12H18N2O2S. The first-order valence-corrected chi connectivity index (χ1v) is 6.92. The highest BCUT2D eigenvalue weighted by Crippen LogP contribution is 2.23. The lowest BCUT2D eigenvalue weighted by atomic mass is 9.97. The number of aromatic amines is 1. The maximum Gasteiger partial charge on any atom is 0.254 e. The number of fused-ring (bicyclic) bond motifs is 1. The molecule has 1 aromatic heterocycles. The Hall–Kier alpha value is -0.810. The number of H-pyrrole nitrogens is 1.